The zero-order valence-electron chi connectivity index (χ0n) is 15.1. The van der Waals surface area contributed by atoms with Gasteiger partial charge < -0.3 is 19.5 Å². The van der Waals surface area contributed by atoms with E-state index in [1.165, 1.54) is 17.4 Å². The lowest BCUT2D eigenvalue weighted by atomic mass is 10.0. The SMILES string of the molecule is CCOC(=O)c1c(/N=C/c2ccc(OC)cc2O)sc2c1CCN(C)C2. The van der Waals surface area contributed by atoms with Gasteiger partial charge in [-0.15, -0.1) is 11.3 Å². The number of methoxy groups -OCH3 is 1. The number of likely N-dealkylation sites (N-methyl/N-ethyl adjacent to an activating group) is 1. The molecule has 0 bridgehead atoms. The molecular weight excluding hydrogens is 352 g/mol. The Morgan fingerprint density at radius 2 is 2.27 bits per heavy atom. The van der Waals surface area contributed by atoms with Crippen LogP contribution in [0.25, 0.3) is 0 Å². The number of benzene rings is 1. The first-order valence-electron chi connectivity index (χ1n) is 8.44. The molecule has 1 aromatic carbocycles. The van der Waals surface area contributed by atoms with Crippen molar-refractivity contribution in [3.63, 3.8) is 0 Å². The summed E-state index contributed by atoms with van der Waals surface area (Å²) in [7, 11) is 3.60. The summed E-state index contributed by atoms with van der Waals surface area (Å²) in [5, 5.41) is 10.7. The molecule has 1 aliphatic rings. The van der Waals surface area contributed by atoms with E-state index in [0.717, 1.165) is 30.0 Å². The lowest BCUT2D eigenvalue weighted by Crippen LogP contribution is -2.26. The lowest BCUT2D eigenvalue weighted by Gasteiger charge is -2.22. The second-order valence-electron chi connectivity index (χ2n) is 6.08. The van der Waals surface area contributed by atoms with Crippen LogP contribution in [0.4, 0.5) is 5.00 Å². The molecule has 2 heterocycles. The Bertz CT molecular complexity index is 844. The third-order valence-corrected chi connectivity index (χ3v) is 5.39. The van der Waals surface area contributed by atoms with Gasteiger partial charge in [0.05, 0.1) is 19.3 Å². The van der Waals surface area contributed by atoms with Crippen molar-refractivity contribution in [1.82, 2.24) is 4.90 Å². The molecule has 6 nitrogen and oxygen atoms in total. The Hall–Kier alpha value is -2.38. The van der Waals surface area contributed by atoms with Crippen molar-refractivity contribution in [1.29, 1.82) is 0 Å². The maximum atomic E-state index is 12.5. The van der Waals surface area contributed by atoms with E-state index in [9.17, 15) is 9.90 Å². The van der Waals surface area contributed by atoms with Crippen molar-refractivity contribution >= 4 is 28.5 Å². The van der Waals surface area contributed by atoms with Gasteiger partial charge in [-0.2, -0.15) is 0 Å². The van der Waals surface area contributed by atoms with E-state index in [-0.39, 0.29) is 11.7 Å². The minimum absolute atomic E-state index is 0.0758. The number of hydrogen-bond donors (Lipinski definition) is 1. The summed E-state index contributed by atoms with van der Waals surface area (Å²) in [6, 6.07) is 5.01. The fourth-order valence-electron chi connectivity index (χ4n) is 2.91. The molecule has 0 spiro atoms. The largest absolute Gasteiger partial charge is 0.507 e. The van der Waals surface area contributed by atoms with Crippen LogP contribution in [-0.4, -0.2) is 49.5 Å². The number of nitrogens with zero attached hydrogens (tertiary/aromatic N) is 2. The minimum Gasteiger partial charge on any atom is -0.507 e. The molecule has 0 aliphatic carbocycles. The number of rotatable bonds is 5. The number of esters is 1. The number of carbonyl (C=O) groups excluding carboxylic acids is 1. The average molecular weight is 374 g/mol. The van der Waals surface area contributed by atoms with Gasteiger partial charge in [0.2, 0.25) is 0 Å². The standard InChI is InChI=1S/C19H22N2O4S/c1-4-25-19(23)17-14-7-8-21(2)11-16(14)26-18(17)20-10-12-5-6-13(24-3)9-15(12)22/h5-6,9-10,22H,4,7-8,11H2,1-3H3/b20-10+. The second-order valence-corrected chi connectivity index (χ2v) is 7.16. The van der Waals surface area contributed by atoms with E-state index >= 15 is 0 Å². The molecule has 138 valence electrons. The summed E-state index contributed by atoms with van der Waals surface area (Å²) in [6.07, 6.45) is 2.37. The topological polar surface area (TPSA) is 71.4 Å². The summed E-state index contributed by atoms with van der Waals surface area (Å²) >= 11 is 1.51. The van der Waals surface area contributed by atoms with Gasteiger partial charge in [0.25, 0.3) is 0 Å². The summed E-state index contributed by atoms with van der Waals surface area (Å²) in [4.78, 5) is 20.3. The maximum absolute atomic E-state index is 12.5. The third kappa shape index (κ3) is 3.73. The quantitative estimate of drug-likeness (QED) is 0.642. The number of carbonyl (C=O) groups is 1. The van der Waals surface area contributed by atoms with Crippen LogP contribution < -0.4 is 4.74 Å². The van der Waals surface area contributed by atoms with Crippen molar-refractivity contribution in [2.75, 3.05) is 27.3 Å². The van der Waals surface area contributed by atoms with E-state index in [4.69, 9.17) is 9.47 Å². The van der Waals surface area contributed by atoms with E-state index < -0.39 is 0 Å². The van der Waals surface area contributed by atoms with Crippen molar-refractivity contribution in [2.24, 2.45) is 4.99 Å². The molecule has 2 aromatic rings. The van der Waals surface area contributed by atoms with Gasteiger partial charge in [-0.3, -0.25) is 0 Å². The second kappa shape index (κ2) is 7.88. The number of hydrogen-bond acceptors (Lipinski definition) is 7. The zero-order valence-corrected chi connectivity index (χ0v) is 15.9. The highest BCUT2D eigenvalue weighted by atomic mass is 32.1. The number of ether oxygens (including phenoxy) is 2. The molecule has 0 unspecified atom stereocenters. The molecule has 7 heteroatoms. The summed E-state index contributed by atoms with van der Waals surface area (Å²) < 4.78 is 10.3. The fraction of sp³-hybridized carbons (Fsp3) is 0.368. The predicted molar refractivity (Wildman–Crippen MR) is 102 cm³/mol. The molecule has 0 atom stereocenters. The Morgan fingerprint density at radius 1 is 1.46 bits per heavy atom. The Balaban J connectivity index is 1.97. The van der Waals surface area contributed by atoms with Gasteiger partial charge in [0.15, 0.2) is 0 Å². The highest BCUT2D eigenvalue weighted by Crippen LogP contribution is 2.39. The van der Waals surface area contributed by atoms with Gasteiger partial charge in [-0.1, -0.05) is 0 Å². The number of fused-ring (bicyclic) bond motifs is 1. The highest BCUT2D eigenvalue weighted by Gasteiger charge is 2.27. The first-order chi connectivity index (χ1) is 12.5. The molecule has 1 aliphatic heterocycles. The average Bonchev–Trinajstić information content (AvgIpc) is 2.98. The van der Waals surface area contributed by atoms with Gasteiger partial charge in [-0.25, -0.2) is 9.79 Å². The van der Waals surface area contributed by atoms with Crippen molar-refractivity contribution in [3.8, 4) is 11.5 Å². The van der Waals surface area contributed by atoms with Crippen LogP contribution in [0.15, 0.2) is 23.2 Å². The van der Waals surface area contributed by atoms with Crippen molar-refractivity contribution in [2.45, 2.75) is 19.9 Å². The number of phenols is 1. The summed E-state index contributed by atoms with van der Waals surface area (Å²) in [5.74, 6) is 0.314. The molecule has 0 fully saturated rings. The highest BCUT2D eigenvalue weighted by molar-refractivity contribution is 7.16. The predicted octanol–water partition coefficient (Wildman–Crippen LogP) is 3.38. The molecule has 0 saturated heterocycles. The van der Waals surface area contributed by atoms with E-state index in [1.807, 2.05) is 0 Å². The van der Waals surface area contributed by atoms with Crippen LogP contribution in [0.5, 0.6) is 11.5 Å². The Labute approximate surface area is 156 Å². The van der Waals surface area contributed by atoms with Crippen LogP contribution in [-0.2, 0) is 17.7 Å². The zero-order chi connectivity index (χ0) is 18.7. The first kappa shape index (κ1) is 18.4. The minimum atomic E-state index is -0.333. The van der Waals surface area contributed by atoms with Crippen LogP contribution >= 0.6 is 11.3 Å². The van der Waals surface area contributed by atoms with E-state index in [2.05, 4.69) is 16.9 Å². The Kier molecular flexibility index (Phi) is 5.58. The number of phenolic OH excluding ortho intramolecular Hbond substituents is 1. The van der Waals surface area contributed by atoms with Gasteiger partial charge in [0, 0.05) is 35.8 Å². The van der Waals surface area contributed by atoms with Gasteiger partial charge in [0.1, 0.15) is 16.5 Å². The first-order valence-corrected chi connectivity index (χ1v) is 9.26. The maximum Gasteiger partial charge on any atom is 0.341 e. The van der Waals surface area contributed by atoms with Gasteiger partial charge in [-0.05, 0) is 38.1 Å². The molecule has 26 heavy (non-hydrogen) atoms. The fourth-order valence-corrected chi connectivity index (χ4v) is 4.17. The molecule has 0 amide bonds. The van der Waals surface area contributed by atoms with E-state index in [1.54, 1.807) is 32.4 Å². The van der Waals surface area contributed by atoms with Gasteiger partial charge >= 0.3 is 5.97 Å². The van der Waals surface area contributed by atoms with Crippen LogP contribution in [0.3, 0.4) is 0 Å². The Morgan fingerprint density at radius 3 is 2.96 bits per heavy atom. The van der Waals surface area contributed by atoms with Crippen LogP contribution in [0, 0.1) is 0 Å². The number of aliphatic imine (C=N–C) groups is 1. The third-order valence-electron chi connectivity index (χ3n) is 4.27. The van der Waals surface area contributed by atoms with Crippen molar-refractivity contribution < 1.29 is 19.4 Å². The molecule has 0 saturated carbocycles. The summed E-state index contributed by atoms with van der Waals surface area (Å²) in [6.45, 7) is 3.82. The molecule has 0 radical (unpaired) electrons. The van der Waals surface area contributed by atoms with Crippen molar-refractivity contribution in [3.05, 3.63) is 39.8 Å². The number of aromatic hydroxyl groups is 1. The van der Waals surface area contributed by atoms with Crippen LogP contribution in [0.2, 0.25) is 0 Å². The lowest BCUT2D eigenvalue weighted by molar-refractivity contribution is 0.0526. The molecule has 1 N–H and O–H groups in total. The van der Waals surface area contributed by atoms with Crippen LogP contribution in [0.1, 0.15) is 33.3 Å². The van der Waals surface area contributed by atoms with E-state index in [0.29, 0.717) is 28.5 Å². The normalized spacial score (nSPS) is 14.4. The smallest absolute Gasteiger partial charge is 0.341 e. The molecular formula is C19H22N2O4S. The number of thiophene rings is 1. The molecule has 3 rings (SSSR count). The molecule has 1 aromatic heterocycles. The summed E-state index contributed by atoms with van der Waals surface area (Å²) in [5.41, 5.74) is 2.16. The monoisotopic (exact) mass is 374 g/mol.